The molecule has 0 spiro atoms. The molecule has 12 heteroatoms. The monoisotopic (exact) mass is 539 g/mol. The minimum absolute atomic E-state index is 0.0989. The van der Waals surface area contributed by atoms with Crippen LogP contribution in [0.4, 0.5) is 9.18 Å². The van der Waals surface area contributed by atoms with Gasteiger partial charge in [0, 0.05) is 44.6 Å². The fraction of sp³-hybridized carbons (Fsp3) is 0.370. The molecule has 0 radical (unpaired) electrons. The number of H-pyrrole nitrogens is 1. The van der Waals surface area contributed by atoms with E-state index in [1.807, 2.05) is 0 Å². The lowest BCUT2D eigenvalue weighted by atomic mass is 10.1. The zero-order chi connectivity index (χ0) is 27.8. The molecule has 2 aromatic carbocycles. The maximum Gasteiger partial charge on any atom is 0.409 e. The Kier molecular flexibility index (Phi) is 9.08. The molecule has 1 aromatic heterocycles. The molecule has 1 saturated heterocycles. The van der Waals surface area contributed by atoms with Crippen molar-refractivity contribution in [2.24, 2.45) is 0 Å². The van der Waals surface area contributed by atoms with E-state index in [0.717, 1.165) is 0 Å². The number of aromatic nitrogens is 3. The van der Waals surface area contributed by atoms with Gasteiger partial charge in [0.15, 0.2) is 17.3 Å². The number of ether oxygens (including phenoxy) is 3. The molecular weight excluding hydrogens is 509 g/mol. The van der Waals surface area contributed by atoms with Gasteiger partial charge < -0.3 is 29.0 Å². The number of hydrogen-bond acceptors (Lipinski definition) is 8. The van der Waals surface area contributed by atoms with E-state index in [-0.39, 0.29) is 48.8 Å². The molecule has 1 N–H and O–H groups in total. The first-order chi connectivity index (χ1) is 18.9. The lowest BCUT2D eigenvalue weighted by Crippen LogP contribution is -2.50. The Morgan fingerprint density at radius 3 is 2.49 bits per heavy atom. The number of nitrogens with zero attached hydrogens (tertiary/aromatic N) is 4. The van der Waals surface area contributed by atoms with Crippen LogP contribution in [0, 0.1) is 5.82 Å². The summed E-state index contributed by atoms with van der Waals surface area (Å²) in [6.45, 7) is 3.81. The van der Waals surface area contributed by atoms with Crippen molar-refractivity contribution < 1.29 is 28.2 Å². The lowest BCUT2D eigenvalue weighted by molar-refractivity contribution is -0.132. The average Bonchev–Trinajstić information content (AvgIpc) is 2.95. The first kappa shape index (κ1) is 27.6. The fourth-order valence-corrected chi connectivity index (χ4v) is 4.11. The molecule has 2 heterocycles. The molecule has 39 heavy (non-hydrogen) atoms. The van der Waals surface area contributed by atoms with E-state index in [2.05, 4.69) is 15.2 Å². The number of amides is 2. The highest BCUT2D eigenvalue weighted by Gasteiger charge is 2.25. The average molecular weight is 540 g/mol. The van der Waals surface area contributed by atoms with E-state index in [9.17, 15) is 18.8 Å². The van der Waals surface area contributed by atoms with Gasteiger partial charge in [-0.3, -0.25) is 9.59 Å². The molecule has 206 valence electrons. The fourth-order valence-electron chi connectivity index (χ4n) is 4.11. The topological polar surface area (TPSA) is 127 Å². The summed E-state index contributed by atoms with van der Waals surface area (Å²) >= 11 is 0. The molecule has 0 atom stereocenters. The van der Waals surface area contributed by atoms with Crippen LogP contribution >= 0.6 is 0 Å². The van der Waals surface area contributed by atoms with Gasteiger partial charge in [0.25, 0.3) is 5.56 Å². The van der Waals surface area contributed by atoms with E-state index in [0.29, 0.717) is 55.4 Å². The Balaban J connectivity index is 1.34. The van der Waals surface area contributed by atoms with Gasteiger partial charge in [0.1, 0.15) is 18.1 Å². The number of hydrogen-bond donors (Lipinski definition) is 1. The van der Waals surface area contributed by atoms with Crippen molar-refractivity contribution in [2.45, 2.75) is 26.4 Å². The van der Waals surface area contributed by atoms with Gasteiger partial charge in [0.2, 0.25) is 5.91 Å². The Labute approximate surface area is 224 Å². The van der Waals surface area contributed by atoms with Crippen LogP contribution in [0.25, 0.3) is 11.4 Å². The summed E-state index contributed by atoms with van der Waals surface area (Å²) in [6, 6.07) is 11.1. The SMILES string of the molecule is CCOC(=O)N1CCN(C(=O)CCc2nnc(-c3ccc(OCc4cccc(F)c4)c(OC)c3)[nH]c2=O)CC1. The molecule has 3 aromatic rings. The summed E-state index contributed by atoms with van der Waals surface area (Å²) in [6.07, 6.45) is -0.146. The second-order valence-electron chi connectivity index (χ2n) is 8.80. The number of carbonyl (C=O) groups is 2. The molecular formula is C27H30FN5O6. The van der Waals surface area contributed by atoms with Gasteiger partial charge in [-0.1, -0.05) is 12.1 Å². The molecule has 11 nitrogen and oxygen atoms in total. The maximum absolute atomic E-state index is 13.4. The lowest BCUT2D eigenvalue weighted by Gasteiger charge is -2.34. The second kappa shape index (κ2) is 12.9. The minimum Gasteiger partial charge on any atom is -0.493 e. The quantitative estimate of drug-likeness (QED) is 0.440. The Bertz CT molecular complexity index is 1370. The van der Waals surface area contributed by atoms with E-state index >= 15 is 0 Å². The van der Waals surface area contributed by atoms with Crippen molar-refractivity contribution in [3.63, 3.8) is 0 Å². The van der Waals surface area contributed by atoms with Gasteiger partial charge in [-0.05, 0) is 42.8 Å². The van der Waals surface area contributed by atoms with Gasteiger partial charge in [-0.25, -0.2) is 9.18 Å². The number of aromatic amines is 1. The van der Waals surface area contributed by atoms with E-state index < -0.39 is 5.56 Å². The molecule has 1 aliphatic rings. The number of nitrogens with one attached hydrogen (secondary N) is 1. The highest BCUT2D eigenvalue weighted by Crippen LogP contribution is 2.31. The standard InChI is InChI=1S/C27H30FN5O6/c1-3-38-27(36)33-13-11-32(12-14-33)24(34)10-8-21-26(35)29-25(31-30-21)19-7-9-22(23(16-19)37-2)39-17-18-5-4-6-20(28)15-18/h4-7,9,15-16H,3,8,10-14,17H2,1-2H3,(H,29,31,35). The third-order valence-electron chi connectivity index (χ3n) is 6.22. The molecule has 0 unspecified atom stereocenters. The van der Waals surface area contributed by atoms with Crippen molar-refractivity contribution in [1.82, 2.24) is 25.0 Å². The summed E-state index contributed by atoms with van der Waals surface area (Å²) < 4.78 is 29.6. The van der Waals surface area contributed by atoms with Crippen LogP contribution in [0.15, 0.2) is 47.3 Å². The largest absolute Gasteiger partial charge is 0.493 e. The predicted molar refractivity (Wildman–Crippen MR) is 139 cm³/mol. The van der Waals surface area contributed by atoms with Crippen LogP contribution in [0.3, 0.4) is 0 Å². The summed E-state index contributed by atoms with van der Waals surface area (Å²) in [5, 5.41) is 8.18. The van der Waals surface area contributed by atoms with Crippen molar-refractivity contribution in [2.75, 3.05) is 39.9 Å². The predicted octanol–water partition coefficient (Wildman–Crippen LogP) is 2.79. The van der Waals surface area contributed by atoms with Crippen LogP contribution in [0.1, 0.15) is 24.6 Å². The number of aryl methyl sites for hydroxylation is 1. The van der Waals surface area contributed by atoms with Crippen molar-refractivity contribution >= 4 is 12.0 Å². The number of piperazine rings is 1. The molecule has 2 amide bonds. The van der Waals surface area contributed by atoms with Crippen molar-refractivity contribution in [1.29, 1.82) is 0 Å². The van der Waals surface area contributed by atoms with Crippen LogP contribution in [0.2, 0.25) is 0 Å². The van der Waals surface area contributed by atoms with E-state index in [4.69, 9.17) is 14.2 Å². The summed E-state index contributed by atoms with van der Waals surface area (Å²) in [7, 11) is 1.49. The van der Waals surface area contributed by atoms with Crippen LogP contribution in [-0.2, 0) is 22.6 Å². The Morgan fingerprint density at radius 1 is 1.03 bits per heavy atom. The maximum atomic E-state index is 13.4. The normalized spacial score (nSPS) is 13.2. The summed E-state index contributed by atoms with van der Waals surface area (Å²) in [5.41, 5.74) is 0.936. The van der Waals surface area contributed by atoms with Crippen molar-refractivity contribution in [3.8, 4) is 22.9 Å². The van der Waals surface area contributed by atoms with E-state index in [1.54, 1.807) is 47.1 Å². The highest BCUT2D eigenvalue weighted by atomic mass is 19.1. The molecule has 0 saturated carbocycles. The van der Waals surface area contributed by atoms with Crippen LogP contribution in [-0.4, -0.2) is 76.9 Å². The zero-order valence-corrected chi connectivity index (χ0v) is 21.8. The second-order valence-corrected chi connectivity index (χ2v) is 8.80. The molecule has 0 bridgehead atoms. The van der Waals surface area contributed by atoms with E-state index in [1.165, 1.54) is 19.2 Å². The Morgan fingerprint density at radius 2 is 1.79 bits per heavy atom. The third kappa shape index (κ3) is 7.09. The molecule has 4 rings (SSSR count). The van der Waals surface area contributed by atoms with Crippen LogP contribution < -0.4 is 15.0 Å². The minimum atomic E-state index is -0.440. The highest BCUT2D eigenvalue weighted by molar-refractivity contribution is 5.77. The number of halogens is 1. The summed E-state index contributed by atoms with van der Waals surface area (Å²) in [5.74, 6) is 0.619. The van der Waals surface area contributed by atoms with Crippen molar-refractivity contribution in [3.05, 3.63) is 69.9 Å². The van der Waals surface area contributed by atoms with Crippen LogP contribution in [0.5, 0.6) is 11.5 Å². The summed E-state index contributed by atoms with van der Waals surface area (Å²) in [4.78, 5) is 43.0. The first-order valence-corrected chi connectivity index (χ1v) is 12.6. The van der Waals surface area contributed by atoms with Gasteiger partial charge in [-0.2, -0.15) is 0 Å². The number of methoxy groups -OCH3 is 1. The molecule has 1 fully saturated rings. The number of carbonyl (C=O) groups excluding carboxylic acids is 2. The first-order valence-electron chi connectivity index (χ1n) is 12.6. The molecule has 0 aliphatic carbocycles. The number of rotatable bonds is 9. The third-order valence-corrected chi connectivity index (χ3v) is 6.22. The Hall–Kier alpha value is -4.48. The zero-order valence-electron chi connectivity index (χ0n) is 21.8. The van der Waals surface area contributed by atoms with Gasteiger partial charge >= 0.3 is 6.09 Å². The van der Waals surface area contributed by atoms with Gasteiger partial charge in [-0.15, -0.1) is 10.2 Å². The smallest absolute Gasteiger partial charge is 0.409 e. The number of benzene rings is 2. The van der Waals surface area contributed by atoms with Gasteiger partial charge in [0.05, 0.1) is 13.7 Å². The molecule has 1 aliphatic heterocycles.